The Kier molecular flexibility index (Phi) is 3.33. The van der Waals surface area contributed by atoms with Crippen LogP contribution in [0.2, 0.25) is 0 Å². The van der Waals surface area contributed by atoms with E-state index in [0.717, 1.165) is 19.2 Å². The molecule has 0 bridgehead atoms. The van der Waals surface area contributed by atoms with Crippen LogP contribution in [0, 0.1) is 10.5 Å². The Labute approximate surface area is 88.1 Å². The standard InChI is InChI=1S/C8H8BrIO/c1-5-2-3-7(10)6(4-11)8(5)9/h2-3,11H,4H2,1H3. The molecule has 0 spiro atoms. The summed E-state index contributed by atoms with van der Waals surface area (Å²) < 4.78 is 2.12. The van der Waals surface area contributed by atoms with Gasteiger partial charge in [-0.1, -0.05) is 22.0 Å². The van der Waals surface area contributed by atoms with Crippen LogP contribution in [0.1, 0.15) is 11.1 Å². The molecule has 1 aromatic rings. The Balaban J connectivity index is 3.29. The van der Waals surface area contributed by atoms with E-state index in [9.17, 15) is 0 Å². The fraction of sp³-hybridized carbons (Fsp3) is 0.250. The minimum atomic E-state index is 0.0978. The number of benzene rings is 1. The molecule has 1 aromatic carbocycles. The Hall–Kier alpha value is 0.390. The molecule has 0 radical (unpaired) electrons. The van der Waals surface area contributed by atoms with Gasteiger partial charge in [0.15, 0.2) is 0 Å². The first kappa shape index (κ1) is 9.48. The van der Waals surface area contributed by atoms with Gasteiger partial charge in [-0.05, 0) is 41.1 Å². The molecule has 0 saturated heterocycles. The van der Waals surface area contributed by atoms with Crippen LogP contribution in [0.15, 0.2) is 16.6 Å². The van der Waals surface area contributed by atoms with Gasteiger partial charge in [0, 0.05) is 13.6 Å². The molecule has 0 atom stereocenters. The highest BCUT2D eigenvalue weighted by atomic mass is 127. The summed E-state index contributed by atoms with van der Waals surface area (Å²) in [7, 11) is 0. The zero-order valence-corrected chi connectivity index (χ0v) is 9.81. The maximum atomic E-state index is 8.99. The Morgan fingerprint density at radius 2 is 2.18 bits per heavy atom. The molecule has 0 aliphatic rings. The second-order valence-corrected chi connectivity index (χ2v) is 4.27. The van der Waals surface area contributed by atoms with E-state index in [-0.39, 0.29) is 6.61 Å². The minimum Gasteiger partial charge on any atom is -0.392 e. The van der Waals surface area contributed by atoms with Crippen molar-refractivity contribution in [1.82, 2.24) is 0 Å². The van der Waals surface area contributed by atoms with Crippen LogP contribution in [0.25, 0.3) is 0 Å². The molecule has 0 amide bonds. The third-order valence-corrected chi connectivity index (χ3v) is 3.65. The van der Waals surface area contributed by atoms with Crippen molar-refractivity contribution < 1.29 is 5.11 Å². The van der Waals surface area contributed by atoms with E-state index in [1.807, 2.05) is 19.1 Å². The lowest BCUT2D eigenvalue weighted by Gasteiger charge is -2.05. The number of rotatable bonds is 1. The Bertz CT molecular complexity index is 273. The number of hydrogen-bond donors (Lipinski definition) is 1. The van der Waals surface area contributed by atoms with Crippen LogP contribution in [-0.2, 0) is 6.61 Å². The summed E-state index contributed by atoms with van der Waals surface area (Å²) in [6.45, 7) is 2.11. The van der Waals surface area contributed by atoms with E-state index in [4.69, 9.17) is 5.11 Å². The monoisotopic (exact) mass is 326 g/mol. The predicted molar refractivity (Wildman–Crippen MR) is 57.5 cm³/mol. The lowest BCUT2D eigenvalue weighted by atomic mass is 10.1. The van der Waals surface area contributed by atoms with Crippen LogP contribution >= 0.6 is 38.5 Å². The summed E-state index contributed by atoms with van der Waals surface area (Å²) in [6.07, 6.45) is 0. The van der Waals surface area contributed by atoms with Crippen LogP contribution in [0.4, 0.5) is 0 Å². The summed E-state index contributed by atoms with van der Waals surface area (Å²) in [5.74, 6) is 0. The molecule has 1 rings (SSSR count). The quantitative estimate of drug-likeness (QED) is 0.787. The number of aliphatic hydroxyl groups is 1. The molecule has 60 valence electrons. The largest absolute Gasteiger partial charge is 0.392 e. The number of aliphatic hydroxyl groups excluding tert-OH is 1. The fourth-order valence-corrected chi connectivity index (χ4v) is 2.32. The topological polar surface area (TPSA) is 20.2 Å². The highest BCUT2D eigenvalue weighted by Gasteiger charge is 2.04. The third kappa shape index (κ3) is 1.95. The molecular weight excluding hydrogens is 319 g/mol. The molecule has 0 saturated carbocycles. The summed E-state index contributed by atoms with van der Waals surface area (Å²) in [6, 6.07) is 4.04. The van der Waals surface area contributed by atoms with E-state index < -0.39 is 0 Å². The van der Waals surface area contributed by atoms with E-state index >= 15 is 0 Å². The zero-order chi connectivity index (χ0) is 8.43. The van der Waals surface area contributed by atoms with Crippen molar-refractivity contribution in [2.24, 2.45) is 0 Å². The second-order valence-electron chi connectivity index (χ2n) is 2.31. The maximum absolute atomic E-state index is 8.99. The van der Waals surface area contributed by atoms with Gasteiger partial charge >= 0.3 is 0 Å². The number of hydrogen-bond acceptors (Lipinski definition) is 1. The summed E-state index contributed by atoms with van der Waals surface area (Å²) in [5, 5.41) is 8.99. The van der Waals surface area contributed by atoms with Crippen LogP contribution < -0.4 is 0 Å². The minimum absolute atomic E-state index is 0.0978. The first-order valence-corrected chi connectivity index (χ1v) is 5.08. The van der Waals surface area contributed by atoms with Crippen LogP contribution in [0.5, 0.6) is 0 Å². The van der Waals surface area contributed by atoms with Gasteiger partial charge in [-0.15, -0.1) is 0 Å². The highest BCUT2D eigenvalue weighted by molar-refractivity contribution is 14.1. The van der Waals surface area contributed by atoms with Gasteiger partial charge in [0.2, 0.25) is 0 Å². The van der Waals surface area contributed by atoms with Gasteiger partial charge in [-0.3, -0.25) is 0 Å². The van der Waals surface area contributed by atoms with E-state index in [1.54, 1.807) is 0 Å². The molecule has 1 N–H and O–H groups in total. The van der Waals surface area contributed by atoms with Gasteiger partial charge < -0.3 is 5.11 Å². The summed E-state index contributed by atoms with van der Waals surface area (Å²) in [4.78, 5) is 0. The average Bonchev–Trinajstić information content (AvgIpc) is 1.99. The smallest absolute Gasteiger partial charge is 0.0703 e. The SMILES string of the molecule is Cc1ccc(I)c(CO)c1Br. The van der Waals surface area contributed by atoms with Crippen LogP contribution in [0.3, 0.4) is 0 Å². The van der Waals surface area contributed by atoms with E-state index in [1.165, 1.54) is 0 Å². The summed E-state index contributed by atoms with van der Waals surface area (Å²) in [5.41, 5.74) is 2.14. The molecule has 0 heterocycles. The van der Waals surface area contributed by atoms with Gasteiger partial charge in [-0.2, -0.15) is 0 Å². The molecular formula is C8H8BrIO. The molecule has 3 heteroatoms. The van der Waals surface area contributed by atoms with Gasteiger partial charge in [-0.25, -0.2) is 0 Å². The van der Waals surface area contributed by atoms with Gasteiger partial charge in [0.05, 0.1) is 6.61 Å². The normalized spacial score (nSPS) is 10.2. The first-order valence-electron chi connectivity index (χ1n) is 3.21. The van der Waals surface area contributed by atoms with Gasteiger partial charge in [0.1, 0.15) is 0 Å². The van der Waals surface area contributed by atoms with Crippen LogP contribution in [-0.4, -0.2) is 5.11 Å². The third-order valence-electron chi connectivity index (χ3n) is 1.54. The number of halogens is 2. The summed E-state index contributed by atoms with van der Waals surface area (Å²) >= 11 is 5.64. The lowest BCUT2D eigenvalue weighted by molar-refractivity contribution is 0.280. The van der Waals surface area contributed by atoms with Crippen molar-refractivity contribution in [2.75, 3.05) is 0 Å². The van der Waals surface area contributed by atoms with E-state index in [0.29, 0.717) is 0 Å². The second kappa shape index (κ2) is 3.87. The predicted octanol–water partition coefficient (Wildman–Crippen LogP) is 2.85. The lowest BCUT2D eigenvalue weighted by Crippen LogP contribution is -1.91. The molecule has 0 aliphatic carbocycles. The highest BCUT2D eigenvalue weighted by Crippen LogP contribution is 2.25. The van der Waals surface area contributed by atoms with Crippen molar-refractivity contribution in [3.8, 4) is 0 Å². The Morgan fingerprint density at radius 1 is 1.55 bits per heavy atom. The van der Waals surface area contributed by atoms with Crippen molar-refractivity contribution in [2.45, 2.75) is 13.5 Å². The molecule has 1 nitrogen and oxygen atoms in total. The maximum Gasteiger partial charge on any atom is 0.0703 e. The first-order chi connectivity index (χ1) is 5.16. The number of aryl methyl sites for hydroxylation is 1. The average molecular weight is 327 g/mol. The van der Waals surface area contributed by atoms with Gasteiger partial charge in [0.25, 0.3) is 0 Å². The molecule has 0 unspecified atom stereocenters. The van der Waals surface area contributed by atoms with Crippen molar-refractivity contribution in [3.63, 3.8) is 0 Å². The fourth-order valence-electron chi connectivity index (χ4n) is 0.860. The zero-order valence-electron chi connectivity index (χ0n) is 6.06. The Morgan fingerprint density at radius 3 is 2.64 bits per heavy atom. The van der Waals surface area contributed by atoms with Crippen molar-refractivity contribution >= 4 is 38.5 Å². The molecule has 0 fully saturated rings. The molecule has 0 aliphatic heterocycles. The molecule has 11 heavy (non-hydrogen) atoms. The van der Waals surface area contributed by atoms with Crippen molar-refractivity contribution in [3.05, 3.63) is 31.3 Å². The van der Waals surface area contributed by atoms with Crippen molar-refractivity contribution in [1.29, 1.82) is 0 Å². The van der Waals surface area contributed by atoms with E-state index in [2.05, 4.69) is 38.5 Å². The molecule has 0 aromatic heterocycles.